The molecule has 0 fully saturated rings. The SMILES string of the molecule is CCCCCCOCCCCCC.[Ga]. The Hall–Kier alpha value is 0.596. The van der Waals surface area contributed by atoms with Crippen molar-refractivity contribution in [3.63, 3.8) is 0 Å². The van der Waals surface area contributed by atoms with E-state index in [4.69, 9.17) is 4.74 Å². The van der Waals surface area contributed by atoms with Crippen molar-refractivity contribution in [2.75, 3.05) is 13.2 Å². The van der Waals surface area contributed by atoms with Gasteiger partial charge in [-0.25, -0.2) is 0 Å². The molecule has 0 unspecified atom stereocenters. The number of hydrogen-bond donors (Lipinski definition) is 0. The minimum absolute atomic E-state index is 0. The molecule has 14 heavy (non-hydrogen) atoms. The topological polar surface area (TPSA) is 9.23 Å². The monoisotopic (exact) mass is 255 g/mol. The fraction of sp³-hybridized carbons (Fsp3) is 1.00. The Kier molecular flexibility index (Phi) is 19.5. The second-order valence-corrected chi connectivity index (χ2v) is 3.73. The van der Waals surface area contributed by atoms with Crippen molar-refractivity contribution < 1.29 is 4.74 Å². The summed E-state index contributed by atoms with van der Waals surface area (Å²) >= 11 is 0. The summed E-state index contributed by atoms with van der Waals surface area (Å²) in [6.45, 7) is 6.44. The molecule has 0 saturated heterocycles. The van der Waals surface area contributed by atoms with Gasteiger partial charge in [-0.15, -0.1) is 0 Å². The molecule has 0 saturated carbocycles. The molecular weight excluding hydrogens is 230 g/mol. The second-order valence-electron chi connectivity index (χ2n) is 3.73. The van der Waals surface area contributed by atoms with Crippen LogP contribution in [0.1, 0.15) is 65.2 Å². The van der Waals surface area contributed by atoms with Gasteiger partial charge in [-0.1, -0.05) is 52.4 Å². The standard InChI is InChI=1S/C12H26O.Ga/c1-3-5-7-9-11-13-12-10-8-6-4-2;/h3-12H2,1-2H3;. The Balaban J connectivity index is 0. The molecule has 0 aromatic carbocycles. The zero-order chi connectivity index (χ0) is 9.78. The first-order valence-electron chi connectivity index (χ1n) is 5.99. The molecular formula is C12H26GaO. The average Bonchev–Trinajstić information content (AvgIpc) is 2.16. The van der Waals surface area contributed by atoms with E-state index in [1.165, 1.54) is 51.4 Å². The average molecular weight is 256 g/mol. The van der Waals surface area contributed by atoms with Crippen LogP contribution in [0.25, 0.3) is 0 Å². The van der Waals surface area contributed by atoms with Gasteiger partial charge in [0, 0.05) is 33.0 Å². The molecule has 0 N–H and O–H groups in total. The summed E-state index contributed by atoms with van der Waals surface area (Å²) in [5, 5.41) is 0. The van der Waals surface area contributed by atoms with Gasteiger partial charge in [0.2, 0.25) is 0 Å². The predicted molar refractivity (Wildman–Crippen MR) is 64.9 cm³/mol. The molecule has 0 spiro atoms. The van der Waals surface area contributed by atoms with Gasteiger partial charge < -0.3 is 4.74 Å². The molecule has 0 amide bonds. The molecule has 0 aliphatic carbocycles. The van der Waals surface area contributed by atoms with Crippen molar-refractivity contribution in [3.05, 3.63) is 0 Å². The van der Waals surface area contributed by atoms with Crippen LogP contribution in [-0.2, 0) is 4.74 Å². The summed E-state index contributed by atoms with van der Waals surface area (Å²) in [5.74, 6) is 0. The summed E-state index contributed by atoms with van der Waals surface area (Å²) in [6, 6.07) is 0. The minimum Gasteiger partial charge on any atom is -0.381 e. The van der Waals surface area contributed by atoms with Crippen molar-refractivity contribution in [2.24, 2.45) is 0 Å². The van der Waals surface area contributed by atoms with Crippen LogP contribution in [0.3, 0.4) is 0 Å². The van der Waals surface area contributed by atoms with E-state index in [1.807, 2.05) is 0 Å². The molecule has 0 heterocycles. The Morgan fingerprint density at radius 3 is 1.43 bits per heavy atom. The summed E-state index contributed by atoms with van der Waals surface area (Å²) in [5.41, 5.74) is 0. The number of ether oxygens (including phenoxy) is 1. The van der Waals surface area contributed by atoms with Crippen LogP contribution in [0.2, 0.25) is 0 Å². The zero-order valence-electron chi connectivity index (χ0n) is 10.1. The number of unbranched alkanes of at least 4 members (excludes halogenated alkanes) is 6. The van der Waals surface area contributed by atoms with Crippen LogP contribution >= 0.6 is 0 Å². The zero-order valence-corrected chi connectivity index (χ0v) is 12.5. The van der Waals surface area contributed by atoms with E-state index in [9.17, 15) is 0 Å². The van der Waals surface area contributed by atoms with E-state index in [1.54, 1.807) is 0 Å². The first kappa shape index (κ1) is 17.0. The van der Waals surface area contributed by atoms with Crippen molar-refractivity contribution in [3.8, 4) is 0 Å². The number of rotatable bonds is 10. The van der Waals surface area contributed by atoms with Crippen LogP contribution < -0.4 is 0 Å². The molecule has 0 bridgehead atoms. The van der Waals surface area contributed by atoms with Gasteiger partial charge in [0.15, 0.2) is 0 Å². The third-order valence-corrected chi connectivity index (χ3v) is 2.28. The first-order chi connectivity index (χ1) is 6.41. The quantitative estimate of drug-likeness (QED) is 0.427. The molecule has 1 nitrogen and oxygen atoms in total. The van der Waals surface area contributed by atoms with E-state index < -0.39 is 0 Å². The van der Waals surface area contributed by atoms with Gasteiger partial charge in [0.25, 0.3) is 0 Å². The molecule has 0 rings (SSSR count). The van der Waals surface area contributed by atoms with Crippen LogP contribution in [-0.4, -0.2) is 33.0 Å². The Morgan fingerprint density at radius 1 is 0.643 bits per heavy atom. The van der Waals surface area contributed by atoms with Crippen LogP contribution in [0.5, 0.6) is 0 Å². The van der Waals surface area contributed by atoms with E-state index in [0.29, 0.717) is 0 Å². The van der Waals surface area contributed by atoms with E-state index >= 15 is 0 Å². The van der Waals surface area contributed by atoms with Crippen LogP contribution in [0.15, 0.2) is 0 Å². The first-order valence-corrected chi connectivity index (χ1v) is 5.99. The van der Waals surface area contributed by atoms with Gasteiger partial charge in [-0.3, -0.25) is 0 Å². The van der Waals surface area contributed by atoms with Crippen LogP contribution in [0.4, 0.5) is 0 Å². The second kappa shape index (κ2) is 16.0. The largest absolute Gasteiger partial charge is 0.381 e. The fourth-order valence-electron chi connectivity index (χ4n) is 1.36. The minimum atomic E-state index is 0. The summed E-state index contributed by atoms with van der Waals surface area (Å²) in [7, 11) is 0. The van der Waals surface area contributed by atoms with Gasteiger partial charge in [0.1, 0.15) is 0 Å². The Morgan fingerprint density at radius 2 is 1.07 bits per heavy atom. The molecule has 83 valence electrons. The maximum absolute atomic E-state index is 5.53. The predicted octanol–water partition coefficient (Wildman–Crippen LogP) is 3.78. The third kappa shape index (κ3) is 15.1. The molecule has 0 aromatic heterocycles. The van der Waals surface area contributed by atoms with E-state index in [0.717, 1.165) is 13.2 Å². The molecule has 2 heteroatoms. The number of hydrogen-bond acceptors (Lipinski definition) is 1. The smallest absolute Gasteiger partial charge is 0.0466 e. The van der Waals surface area contributed by atoms with Crippen LogP contribution in [0, 0.1) is 0 Å². The summed E-state index contributed by atoms with van der Waals surface area (Å²) < 4.78 is 5.53. The van der Waals surface area contributed by atoms with Gasteiger partial charge in [0.05, 0.1) is 0 Å². The normalized spacial score (nSPS) is 9.86. The maximum Gasteiger partial charge on any atom is 0.0466 e. The van der Waals surface area contributed by atoms with E-state index in [2.05, 4.69) is 13.8 Å². The van der Waals surface area contributed by atoms with E-state index in [-0.39, 0.29) is 19.8 Å². The molecule has 0 aliphatic heterocycles. The van der Waals surface area contributed by atoms with Crippen molar-refractivity contribution >= 4 is 19.8 Å². The summed E-state index contributed by atoms with van der Waals surface area (Å²) in [4.78, 5) is 0. The van der Waals surface area contributed by atoms with Gasteiger partial charge in [-0.05, 0) is 12.8 Å². The van der Waals surface area contributed by atoms with Crippen molar-refractivity contribution in [2.45, 2.75) is 65.2 Å². The molecule has 0 aromatic rings. The molecule has 0 atom stereocenters. The van der Waals surface area contributed by atoms with Gasteiger partial charge >= 0.3 is 0 Å². The van der Waals surface area contributed by atoms with Gasteiger partial charge in [-0.2, -0.15) is 0 Å². The Labute approximate surface area is 103 Å². The molecule has 3 radical (unpaired) electrons. The van der Waals surface area contributed by atoms with Crippen molar-refractivity contribution in [1.29, 1.82) is 0 Å². The summed E-state index contributed by atoms with van der Waals surface area (Å²) in [6.07, 6.45) is 10.5. The van der Waals surface area contributed by atoms with Crippen molar-refractivity contribution in [1.82, 2.24) is 0 Å². The maximum atomic E-state index is 5.53. The Bertz CT molecular complexity index is 76.4. The fourth-order valence-corrected chi connectivity index (χ4v) is 1.36. The molecule has 0 aliphatic rings. The third-order valence-electron chi connectivity index (χ3n) is 2.28.